The third-order valence-electron chi connectivity index (χ3n) is 37.0. The van der Waals surface area contributed by atoms with Gasteiger partial charge in [0, 0.05) is 29.6 Å². The Kier molecular flexibility index (Phi) is 13.1. The molecule has 5 saturated heterocycles. The Balaban J connectivity index is 0.0000000839. The summed E-state index contributed by atoms with van der Waals surface area (Å²) in [7, 11) is 0. The van der Waals surface area contributed by atoms with Crippen molar-refractivity contribution in [1.82, 2.24) is 0 Å². The molecule has 0 aromatic heterocycles. The van der Waals surface area contributed by atoms with E-state index >= 15 is 0 Å². The predicted octanol–water partition coefficient (Wildman–Crippen LogP) is 15.1. The first-order valence-electron chi connectivity index (χ1n) is 39.0. The molecule has 5 aliphatic heterocycles. The second-order valence-electron chi connectivity index (χ2n) is 38.2. The summed E-state index contributed by atoms with van der Waals surface area (Å²) in [6.45, 7) is 33.6. The number of fused-ring (bicyclic) bond motifs is 42. The molecule has 0 radical (unpaired) electrons. The van der Waals surface area contributed by atoms with Crippen molar-refractivity contribution in [3.63, 3.8) is 0 Å². The van der Waals surface area contributed by atoms with Gasteiger partial charge in [0.1, 0.15) is 22.4 Å². The molecular formula is C80H116O10. The van der Waals surface area contributed by atoms with Crippen LogP contribution in [0.4, 0.5) is 0 Å². The Bertz CT molecular complexity index is 2920. The fraction of sp³-hybridized carbons (Fsp3) is 0.938. The first-order valence-corrected chi connectivity index (χ1v) is 39.0. The average molecular weight is 1240 g/mol. The third-order valence-corrected chi connectivity index (χ3v) is 37.0. The van der Waals surface area contributed by atoms with Gasteiger partial charge < -0.3 is 23.7 Å². The highest BCUT2D eigenvalue weighted by Gasteiger charge is 2.80. The molecule has 17 aliphatic carbocycles. The maximum atomic E-state index is 12.5. The molecule has 22 fully saturated rings. The van der Waals surface area contributed by atoms with E-state index in [2.05, 4.69) is 96.9 Å². The minimum Gasteiger partial charge on any atom is -0.465 e. The lowest BCUT2D eigenvalue weighted by Crippen LogP contribution is -2.58. The molecule has 10 heteroatoms. The van der Waals surface area contributed by atoms with Gasteiger partial charge in [-0.05, 0) is 288 Å². The number of ether oxygens (including phenoxy) is 5. The molecule has 0 N–H and O–H groups in total. The first kappa shape index (κ1) is 59.8. The van der Waals surface area contributed by atoms with Crippen molar-refractivity contribution in [2.24, 2.45) is 237 Å². The molecule has 40 atom stereocenters. The van der Waals surface area contributed by atoms with E-state index in [1.165, 1.54) is 64.2 Å². The highest BCUT2D eigenvalue weighted by molar-refractivity contribution is 5.81. The molecular weight excluding hydrogens is 1120 g/mol. The van der Waals surface area contributed by atoms with E-state index in [-0.39, 0.29) is 64.1 Å². The minimum atomic E-state index is -0.198. The topological polar surface area (TPSA) is 132 Å². The van der Waals surface area contributed by atoms with Crippen molar-refractivity contribution in [2.45, 2.75) is 222 Å². The van der Waals surface area contributed by atoms with Crippen LogP contribution in [0, 0.1) is 237 Å². The van der Waals surface area contributed by atoms with Crippen LogP contribution in [0.15, 0.2) is 0 Å². The Labute approximate surface area is 540 Å². The van der Waals surface area contributed by atoms with E-state index < -0.39 is 0 Å². The highest BCUT2D eigenvalue weighted by Crippen LogP contribution is 2.79. The van der Waals surface area contributed by atoms with Crippen molar-refractivity contribution < 1.29 is 47.7 Å². The van der Waals surface area contributed by atoms with E-state index in [4.69, 9.17) is 23.7 Å². The standard InChI is InChI=1S/C18H26O2.C17H24O2.C17H26O2.C15H22O2.C13H18O2/c1-9-10(2)12-8-11(9)13-14(12)16-15(13)17(19)20-18(16)6-4-3-5-7-18;1-8-9(2)11-7-10(8)12-13(11)15-14(12)16(18)19-17(15)5-3-4-6-17;1-5-17(6-2)15-13-11-7-10(8(3)9(11)4)12(13)14(15)16(18)19-17;1-6-7(2)9-5-8(6)10-11(9)13-12(10)14(16)17-15(13,3)4;1-5-6(2)8-3-7(5)10-9-4-15-13(14)12(9)11(8)10/h9-16H,3-8H2,1-2H3;8-15H,3-7H2,1-2H3;8-15H,5-7H2,1-4H3;6-13H,5H2,1-4H3;5-12H,3-4H2,1-2H3. The minimum absolute atomic E-state index is 0.00362. The van der Waals surface area contributed by atoms with Gasteiger partial charge >= 0.3 is 29.8 Å². The van der Waals surface area contributed by atoms with Gasteiger partial charge in [-0.3, -0.25) is 24.0 Å². The Morgan fingerprint density at radius 1 is 0.311 bits per heavy atom. The van der Waals surface area contributed by atoms with Gasteiger partial charge in [-0.2, -0.15) is 0 Å². The summed E-state index contributed by atoms with van der Waals surface area (Å²) in [5, 5.41) is 0. The van der Waals surface area contributed by atoms with Gasteiger partial charge in [0.15, 0.2) is 0 Å². The third kappa shape index (κ3) is 7.15. The van der Waals surface area contributed by atoms with Gasteiger partial charge in [0.2, 0.25) is 0 Å². The normalized spacial score (nSPS) is 60.0. The lowest BCUT2D eigenvalue weighted by Gasteiger charge is -2.56. The van der Waals surface area contributed by atoms with Crippen molar-refractivity contribution in [3.8, 4) is 0 Å². The number of carbonyl (C=O) groups excluding carboxylic acids is 5. The lowest BCUT2D eigenvalue weighted by molar-refractivity contribution is -0.154. The molecule has 10 bridgehead atoms. The summed E-state index contributed by atoms with van der Waals surface area (Å²) < 4.78 is 28.8. The van der Waals surface area contributed by atoms with Crippen molar-refractivity contribution in [3.05, 3.63) is 0 Å². The average Bonchev–Trinajstić information content (AvgIpc) is 1.53. The maximum Gasteiger partial charge on any atom is 0.310 e. The fourth-order valence-corrected chi connectivity index (χ4v) is 32.6. The van der Waals surface area contributed by atoms with Crippen LogP contribution in [0.5, 0.6) is 0 Å². The summed E-state index contributed by atoms with van der Waals surface area (Å²) >= 11 is 0. The highest BCUT2D eigenvalue weighted by atomic mass is 16.6. The van der Waals surface area contributed by atoms with Crippen LogP contribution >= 0.6 is 0 Å². The van der Waals surface area contributed by atoms with Crippen LogP contribution in [0.3, 0.4) is 0 Å². The summed E-state index contributed by atoms with van der Waals surface area (Å²) in [5.41, 5.74) is -0.336. The first-order chi connectivity index (χ1) is 43.0. The second-order valence-corrected chi connectivity index (χ2v) is 38.2. The number of rotatable bonds is 2. The number of carbonyl (C=O) groups is 5. The summed E-state index contributed by atoms with van der Waals surface area (Å²) in [4.78, 5) is 60.9. The van der Waals surface area contributed by atoms with Crippen LogP contribution in [0.25, 0.3) is 0 Å². The van der Waals surface area contributed by atoms with Crippen LogP contribution in [-0.2, 0) is 47.7 Å². The monoisotopic (exact) mass is 1240 g/mol. The molecule has 496 valence electrons. The van der Waals surface area contributed by atoms with Crippen LogP contribution in [0.1, 0.15) is 200 Å². The zero-order valence-electron chi connectivity index (χ0n) is 57.7. The van der Waals surface area contributed by atoms with Gasteiger partial charge in [0.05, 0.1) is 36.2 Å². The Hall–Kier alpha value is -2.65. The Morgan fingerprint density at radius 3 is 0.989 bits per heavy atom. The fourth-order valence-electron chi connectivity index (χ4n) is 32.6. The molecule has 22 rings (SSSR count). The van der Waals surface area contributed by atoms with Gasteiger partial charge in [-0.15, -0.1) is 0 Å². The van der Waals surface area contributed by atoms with E-state index in [0.29, 0.717) is 76.9 Å². The molecule has 5 heterocycles. The zero-order chi connectivity index (χ0) is 62.5. The number of cyclic esters (lactones) is 3. The molecule has 10 nitrogen and oxygen atoms in total. The quantitative estimate of drug-likeness (QED) is 0.194. The molecule has 0 aromatic rings. The summed E-state index contributed by atoms with van der Waals surface area (Å²) in [6, 6.07) is 0. The largest absolute Gasteiger partial charge is 0.465 e. The van der Waals surface area contributed by atoms with Crippen LogP contribution in [-0.4, -0.2) is 58.9 Å². The van der Waals surface area contributed by atoms with Crippen molar-refractivity contribution in [2.75, 3.05) is 6.61 Å². The van der Waals surface area contributed by atoms with Crippen LogP contribution in [0.2, 0.25) is 0 Å². The summed E-state index contributed by atoms with van der Waals surface area (Å²) in [5.74, 6) is 29.6. The molecule has 0 amide bonds. The van der Waals surface area contributed by atoms with E-state index in [1.54, 1.807) is 0 Å². The molecule has 22 aliphatic rings. The number of esters is 5. The van der Waals surface area contributed by atoms with Gasteiger partial charge in [-0.25, -0.2) is 0 Å². The SMILES string of the molecule is CC1C(C)C2CC1C1C3C(=O)OC(C)(C)C3C21.CC1C(C)C2CC1C1C3C(=O)OC4(CCCC4)C3C21.CC1C(C)C2CC1C1C3C(=O)OC4(CCCCC4)C3C21.CC1C(C)C2CC1C1C3COC(=O)C3C21.CCC1(CC)OC(=O)C2C3C4CC(C(C)C4C)C3C21. The molecule has 40 unspecified atom stereocenters. The predicted molar refractivity (Wildman–Crippen MR) is 339 cm³/mol. The van der Waals surface area contributed by atoms with Crippen LogP contribution < -0.4 is 0 Å². The molecule has 2 spiro atoms. The molecule has 90 heavy (non-hydrogen) atoms. The van der Waals surface area contributed by atoms with Gasteiger partial charge in [0.25, 0.3) is 0 Å². The van der Waals surface area contributed by atoms with Crippen molar-refractivity contribution in [1.29, 1.82) is 0 Å². The maximum absolute atomic E-state index is 12.5. The lowest BCUT2D eigenvalue weighted by atomic mass is 9.45. The zero-order valence-corrected chi connectivity index (χ0v) is 57.7. The number of hydrogen-bond acceptors (Lipinski definition) is 10. The van der Waals surface area contributed by atoms with E-state index in [0.717, 1.165) is 193 Å². The van der Waals surface area contributed by atoms with Crippen molar-refractivity contribution >= 4 is 29.8 Å². The molecule has 17 saturated carbocycles. The second kappa shape index (κ2) is 19.8. The van der Waals surface area contributed by atoms with Gasteiger partial charge in [-0.1, -0.05) is 89.5 Å². The Morgan fingerprint density at radius 2 is 0.600 bits per heavy atom. The smallest absolute Gasteiger partial charge is 0.310 e. The van der Waals surface area contributed by atoms with E-state index in [1.807, 2.05) is 0 Å². The number of hydrogen-bond donors (Lipinski definition) is 0. The van der Waals surface area contributed by atoms with E-state index in [9.17, 15) is 24.0 Å². The summed E-state index contributed by atoms with van der Waals surface area (Å²) in [6.07, 6.45) is 20.1. The molecule has 0 aromatic carbocycles.